The van der Waals surface area contributed by atoms with Crippen molar-refractivity contribution in [2.24, 2.45) is 0 Å². The second-order valence-electron chi connectivity index (χ2n) is 14.3. The molecule has 5 heterocycles. The molecule has 0 bridgehead atoms. The number of allylic oxidation sites excluding steroid dienone is 2. The van der Waals surface area contributed by atoms with Crippen LogP contribution in [0.5, 0.6) is 23.0 Å². The van der Waals surface area contributed by atoms with Crippen LogP contribution in [0.25, 0.3) is 33.6 Å². The van der Waals surface area contributed by atoms with Crippen molar-refractivity contribution in [3.8, 4) is 56.6 Å². The van der Waals surface area contributed by atoms with Crippen molar-refractivity contribution in [3.05, 3.63) is 176 Å². The third-order valence-corrected chi connectivity index (χ3v) is 11.4. The first-order chi connectivity index (χ1) is 26.2. The summed E-state index contributed by atoms with van der Waals surface area (Å²) in [4.78, 5) is 11.9. The number of aromatic nitrogens is 2. The van der Waals surface area contributed by atoms with Crippen molar-refractivity contribution in [2.75, 3.05) is 4.90 Å². The van der Waals surface area contributed by atoms with Gasteiger partial charge in [-0.3, -0.25) is 9.97 Å². The Morgan fingerprint density at radius 2 is 1.25 bits per heavy atom. The summed E-state index contributed by atoms with van der Waals surface area (Å²) in [6.07, 6.45) is 12.7. The third-order valence-electron chi connectivity index (χ3n) is 11.4. The maximum Gasteiger partial charge on any atom is 0.260 e. The minimum Gasteiger partial charge on any atom is -0.458 e. The summed E-state index contributed by atoms with van der Waals surface area (Å²) < 4.78 is 13.9. The van der Waals surface area contributed by atoms with Crippen LogP contribution in [0.2, 0.25) is 0 Å². The van der Waals surface area contributed by atoms with Crippen LogP contribution < -0.4 is 30.8 Å². The number of hydrogen-bond acceptors (Lipinski definition) is 5. The highest BCUT2D eigenvalue weighted by molar-refractivity contribution is 6.98. The Hall–Kier alpha value is -6.66. The highest BCUT2D eigenvalue weighted by Crippen LogP contribution is 2.51. The van der Waals surface area contributed by atoms with Crippen molar-refractivity contribution < 1.29 is 9.47 Å². The number of pyridine rings is 2. The lowest BCUT2D eigenvalue weighted by atomic mass is 9.34. The van der Waals surface area contributed by atoms with E-state index >= 15 is 0 Å². The first kappa shape index (κ1) is 30.0. The summed E-state index contributed by atoms with van der Waals surface area (Å²) in [5.74, 6) is 3.23. The molecule has 11 rings (SSSR count). The van der Waals surface area contributed by atoms with E-state index in [0.717, 1.165) is 78.7 Å². The SMILES string of the molecule is CC12C=CC=CC1N(c1ccc(-c3cc4c5c(c3)Oc3c(cccc3-c3ccccn3)B5c3cccc(-c5ccccn5)c3O4)cc1)c1ccccc12. The van der Waals surface area contributed by atoms with E-state index in [1.807, 2.05) is 48.8 Å². The monoisotopic (exact) mass is 681 g/mol. The normalized spacial score (nSPS) is 18.2. The molecule has 0 radical (unpaired) electrons. The number of benzene rings is 5. The Bertz CT molecular complexity index is 2540. The van der Waals surface area contributed by atoms with Crippen LogP contribution in [-0.2, 0) is 5.41 Å². The maximum absolute atomic E-state index is 6.96. The topological polar surface area (TPSA) is 47.5 Å². The number of anilines is 2. The van der Waals surface area contributed by atoms with Gasteiger partial charge in [0.15, 0.2) is 0 Å². The Kier molecular flexibility index (Phi) is 6.47. The predicted molar refractivity (Wildman–Crippen MR) is 214 cm³/mol. The van der Waals surface area contributed by atoms with Gasteiger partial charge in [-0.15, -0.1) is 0 Å². The van der Waals surface area contributed by atoms with Gasteiger partial charge in [0.2, 0.25) is 0 Å². The van der Waals surface area contributed by atoms with E-state index in [1.54, 1.807) is 0 Å². The van der Waals surface area contributed by atoms with Crippen LogP contribution in [0, 0.1) is 0 Å². The zero-order valence-corrected chi connectivity index (χ0v) is 29.0. The average Bonchev–Trinajstić information content (AvgIpc) is 3.49. The van der Waals surface area contributed by atoms with Gasteiger partial charge in [-0.2, -0.15) is 0 Å². The van der Waals surface area contributed by atoms with E-state index in [4.69, 9.17) is 19.4 Å². The van der Waals surface area contributed by atoms with E-state index in [2.05, 4.69) is 133 Å². The molecule has 0 amide bonds. The van der Waals surface area contributed by atoms with Crippen molar-refractivity contribution in [1.82, 2.24) is 9.97 Å². The number of rotatable bonds is 4. The molecule has 5 nitrogen and oxygen atoms in total. The van der Waals surface area contributed by atoms with E-state index in [0.29, 0.717) is 0 Å². The largest absolute Gasteiger partial charge is 0.458 e. The molecule has 2 atom stereocenters. The van der Waals surface area contributed by atoms with Crippen LogP contribution in [0.4, 0.5) is 11.4 Å². The molecule has 2 unspecified atom stereocenters. The molecule has 250 valence electrons. The summed E-state index contributed by atoms with van der Waals surface area (Å²) in [7, 11) is 0. The molecule has 0 spiro atoms. The van der Waals surface area contributed by atoms with Crippen molar-refractivity contribution in [2.45, 2.75) is 18.4 Å². The van der Waals surface area contributed by atoms with Gasteiger partial charge in [-0.1, -0.05) is 91.0 Å². The lowest BCUT2D eigenvalue weighted by Crippen LogP contribution is -2.57. The van der Waals surface area contributed by atoms with Gasteiger partial charge >= 0.3 is 0 Å². The molecule has 4 aliphatic rings. The summed E-state index contributed by atoms with van der Waals surface area (Å²) >= 11 is 0. The molecule has 2 aromatic heterocycles. The van der Waals surface area contributed by atoms with Crippen LogP contribution >= 0.6 is 0 Å². The third kappa shape index (κ3) is 4.45. The molecule has 6 heteroatoms. The minimum atomic E-state index is -0.0987. The zero-order valence-electron chi connectivity index (χ0n) is 29.0. The lowest BCUT2D eigenvalue weighted by molar-refractivity contribution is 0.466. The molecule has 0 fully saturated rings. The molecule has 53 heavy (non-hydrogen) atoms. The number of para-hydroxylation sites is 3. The van der Waals surface area contributed by atoms with E-state index in [9.17, 15) is 0 Å². The molecule has 0 saturated heterocycles. The Balaban J connectivity index is 1.06. The van der Waals surface area contributed by atoms with E-state index in [1.165, 1.54) is 11.3 Å². The van der Waals surface area contributed by atoms with Crippen LogP contribution in [-0.4, -0.2) is 22.7 Å². The van der Waals surface area contributed by atoms with Crippen LogP contribution in [0.15, 0.2) is 170 Å². The summed E-state index contributed by atoms with van der Waals surface area (Å²) in [5, 5.41) is 0. The number of hydrogen-bond donors (Lipinski definition) is 0. The Morgan fingerprint density at radius 3 is 1.87 bits per heavy atom. The van der Waals surface area contributed by atoms with Gasteiger partial charge in [0.05, 0.1) is 17.4 Å². The van der Waals surface area contributed by atoms with Gasteiger partial charge < -0.3 is 14.4 Å². The van der Waals surface area contributed by atoms with E-state index < -0.39 is 0 Å². The van der Waals surface area contributed by atoms with Gasteiger partial charge in [-0.05, 0) is 101 Å². The minimum absolute atomic E-state index is 0.0920. The smallest absolute Gasteiger partial charge is 0.260 e. The summed E-state index contributed by atoms with van der Waals surface area (Å²) in [6, 6.07) is 47.0. The Morgan fingerprint density at radius 1 is 0.623 bits per heavy atom. The molecule has 5 aromatic carbocycles. The molecular formula is C47H32BN3O2. The van der Waals surface area contributed by atoms with Gasteiger partial charge in [-0.25, -0.2) is 0 Å². The fraction of sp³-hybridized carbons (Fsp3) is 0.0638. The van der Waals surface area contributed by atoms with Crippen molar-refractivity contribution in [3.63, 3.8) is 0 Å². The van der Waals surface area contributed by atoms with E-state index in [-0.39, 0.29) is 18.2 Å². The quantitative estimate of drug-likeness (QED) is 0.174. The van der Waals surface area contributed by atoms with Gasteiger partial charge in [0.1, 0.15) is 23.0 Å². The molecular weight excluding hydrogens is 649 g/mol. The second-order valence-corrected chi connectivity index (χ2v) is 14.3. The first-order valence-electron chi connectivity index (χ1n) is 18.1. The lowest BCUT2D eigenvalue weighted by Gasteiger charge is -2.35. The highest BCUT2D eigenvalue weighted by Gasteiger charge is 2.46. The van der Waals surface area contributed by atoms with Gasteiger partial charge in [0, 0.05) is 45.8 Å². The Labute approximate surface area is 308 Å². The number of nitrogens with zero attached hydrogens (tertiary/aromatic N) is 3. The first-order valence-corrected chi connectivity index (χ1v) is 18.1. The fourth-order valence-corrected chi connectivity index (χ4v) is 8.89. The van der Waals surface area contributed by atoms with Crippen LogP contribution in [0.3, 0.4) is 0 Å². The van der Waals surface area contributed by atoms with Crippen LogP contribution in [0.1, 0.15) is 12.5 Å². The van der Waals surface area contributed by atoms with Gasteiger partial charge in [0.25, 0.3) is 6.71 Å². The molecule has 0 N–H and O–H groups in total. The van der Waals surface area contributed by atoms with Crippen molar-refractivity contribution in [1.29, 1.82) is 0 Å². The maximum atomic E-state index is 6.96. The molecule has 7 aromatic rings. The number of ether oxygens (including phenoxy) is 2. The second kappa shape index (κ2) is 11.4. The summed E-state index contributed by atoms with van der Waals surface area (Å²) in [6.45, 7) is 2.24. The summed E-state index contributed by atoms with van der Waals surface area (Å²) in [5.41, 5.74) is 12.6. The zero-order chi connectivity index (χ0) is 35.1. The molecule has 1 aliphatic carbocycles. The molecule has 0 saturated carbocycles. The standard InChI is InChI=1S/C47H32BN3O2/c1-47-25-7-4-20-43(47)51(40-19-3-2-14-35(40)47)32-23-21-30(22-24-32)31-28-41-44-42(29-31)53-46-34(39-18-6-9-27-50-39)13-11-16-37(46)48(44)36-15-10-12-33(45(36)52-41)38-17-5-8-26-49-38/h2-29,43H,1H3. The molecule has 3 aliphatic heterocycles. The van der Waals surface area contributed by atoms with Crippen molar-refractivity contribution >= 4 is 34.5 Å². The number of fused-ring (bicyclic) bond motifs is 7. The predicted octanol–water partition coefficient (Wildman–Crippen LogP) is 9.11. The average molecular weight is 682 g/mol. The highest BCUT2D eigenvalue weighted by atomic mass is 16.5. The fourth-order valence-electron chi connectivity index (χ4n) is 8.89.